The van der Waals surface area contributed by atoms with Gasteiger partial charge < -0.3 is 20.5 Å². The van der Waals surface area contributed by atoms with E-state index in [-0.39, 0.29) is 31.8 Å². The molecule has 1 fully saturated rings. The molecule has 0 spiro atoms. The molecule has 1 aliphatic rings. The van der Waals surface area contributed by atoms with E-state index < -0.39 is 5.54 Å². The number of nitrogens with zero attached hydrogens (tertiary/aromatic N) is 2. The van der Waals surface area contributed by atoms with Gasteiger partial charge in [-0.15, -0.1) is 0 Å². The van der Waals surface area contributed by atoms with Gasteiger partial charge in [-0.25, -0.2) is 0 Å². The smallest absolute Gasteiger partial charge is 0.254 e. The van der Waals surface area contributed by atoms with Crippen LogP contribution in [0.5, 0.6) is 0 Å². The molecule has 0 aromatic heterocycles. The van der Waals surface area contributed by atoms with Crippen molar-refractivity contribution < 1.29 is 14.6 Å². The van der Waals surface area contributed by atoms with Crippen LogP contribution in [0.3, 0.4) is 0 Å². The third-order valence-electron chi connectivity index (χ3n) is 7.67. The quantitative estimate of drug-likeness (QED) is 0.268. The van der Waals surface area contributed by atoms with Crippen LogP contribution >= 0.6 is 0 Å². The van der Waals surface area contributed by atoms with Crippen molar-refractivity contribution >= 4 is 5.91 Å². The van der Waals surface area contributed by atoms with Crippen LogP contribution in [0.1, 0.15) is 51.5 Å². The normalized spacial score (nSPS) is 16.2. The van der Waals surface area contributed by atoms with Gasteiger partial charge in [-0.2, -0.15) is 5.26 Å². The first kappa shape index (κ1) is 28.3. The molecule has 4 aromatic rings. The Morgan fingerprint density at radius 3 is 2.41 bits per heavy atom. The SMILES string of the molecule is N#Cc1ccccc1-c1cc(COCC(N)(CO)Cc2ccccc2)cc(C(=O)N2CCCC2c2ccccc2)c1. The van der Waals surface area contributed by atoms with Crippen molar-refractivity contribution in [3.05, 3.63) is 131 Å². The number of nitriles is 1. The summed E-state index contributed by atoms with van der Waals surface area (Å²) in [6, 6.07) is 35.3. The molecule has 5 rings (SSSR count). The molecule has 0 saturated carbocycles. The molecule has 3 N–H and O–H groups in total. The lowest BCUT2D eigenvalue weighted by Crippen LogP contribution is -2.50. The summed E-state index contributed by atoms with van der Waals surface area (Å²) in [5, 5.41) is 19.8. The third kappa shape index (κ3) is 6.72. The van der Waals surface area contributed by atoms with Crippen LogP contribution < -0.4 is 5.73 Å². The summed E-state index contributed by atoms with van der Waals surface area (Å²) in [5.41, 5.74) is 11.2. The van der Waals surface area contributed by atoms with Gasteiger partial charge in [-0.3, -0.25) is 4.79 Å². The van der Waals surface area contributed by atoms with Crippen LogP contribution in [0, 0.1) is 11.3 Å². The van der Waals surface area contributed by atoms with E-state index in [2.05, 4.69) is 18.2 Å². The van der Waals surface area contributed by atoms with Gasteiger partial charge in [0.1, 0.15) is 0 Å². The summed E-state index contributed by atoms with van der Waals surface area (Å²) in [6.45, 7) is 0.813. The number of benzene rings is 4. The van der Waals surface area contributed by atoms with Crippen LogP contribution in [0.25, 0.3) is 11.1 Å². The Bertz CT molecular complexity index is 1520. The van der Waals surface area contributed by atoms with Crippen molar-refractivity contribution in [1.82, 2.24) is 4.90 Å². The molecule has 4 aromatic carbocycles. The highest BCUT2D eigenvalue weighted by Gasteiger charge is 2.31. The summed E-state index contributed by atoms with van der Waals surface area (Å²) < 4.78 is 6.07. The average molecular weight is 546 g/mol. The van der Waals surface area contributed by atoms with Gasteiger partial charge >= 0.3 is 0 Å². The number of carbonyl (C=O) groups excluding carboxylic acids is 1. The number of nitrogens with two attached hydrogens (primary N) is 1. The highest BCUT2D eigenvalue weighted by Crippen LogP contribution is 2.34. The van der Waals surface area contributed by atoms with Crippen LogP contribution in [0.4, 0.5) is 0 Å². The number of hydrogen-bond acceptors (Lipinski definition) is 5. The van der Waals surface area contributed by atoms with E-state index in [1.165, 1.54) is 0 Å². The Balaban J connectivity index is 1.42. The van der Waals surface area contributed by atoms with Crippen LogP contribution in [-0.4, -0.2) is 41.2 Å². The van der Waals surface area contributed by atoms with Gasteiger partial charge in [-0.05, 0) is 71.3 Å². The van der Waals surface area contributed by atoms with E-state index >= 15 is 0 Å². The van der Waals surface area contributed by atoms with Crippen LogP contribution in [0.15, 0.2) is 103 Å². The largest absolute Gasteiger partial charge is 0.394 e. The van der Waals surface area contributed by atoms with E-state index in [0.29, 0.717) is 24.1 Å². The number of rotatable bonds is 10. The molecule has 6 nitrogen and oxygen atoms in total. The molecule has 0 bridgehead atoms. The minimum atomic E-state index is -0.941. The van der Waals surface area contributed by atoms with Crippen LogP contribution in [0.2, 0.25) is 0 Å². The molecule has 2 unspecified atom stereocenters. The number of aliphatic hydroxyl groups excluding tert-OH is 1. The molecular formula is C35H35N3O3. The van der Waals surface area contributed by atoms with Crippen molar-refractivity contribution in [3.8, 4) is 17.2 Å². The van der Waals surface area contributed by atoms with E-state index in [0.717, 1.165) is 40.7 Å². The minimum Gasteiger partial charge on any atom is -0.394 e. The number of aliphatic hydroxyl groups is 1. The summed E-state index contributed by atoms with van der Waals surface area (Å²) >= 11 is 0. The van der Waals surface area contributed by atoms with Gasteiger partial charge in [-0.1, -0.05) is 78.9 Å². The fourth-order valence-electron chi connectivity index (χ4n) is 5.61. The Kier molecular flexibility index (Phi) is 8.91. The van der Waals surface area contributed by atoms with Gasteiger partial charge in [0, 0.05) is 12.1 Å². The highest BCUT2D eigenvalue weighted by atomic mass is 16.5. The molecule has 2 atom stereocenters. The molecule has 1 aliphatic heterocycles. The predicted molar refractivity (Wildman–Crippen MR) is 160 cm³/mol. The second-order valence-electron chi connectivity index (χ2n) is 10.8. The predicted octanol–water partition coefficient (Wildman–Crippen LogP) is 5.65. The maximum absolute atomic E-state index is 14.0. The van der Waals surface area contributed by atoms with Crippen molar-refractivity contribution in [2.45, 2.75) is 37.5 Å². The fourth-order valence-corrected chi connectivity index (χ4v) is 5.61. The van der Waals surface area contributed by atoms with Crippen molar-refractivity contribution in [2.75, 3.05) is 19.8 Å². The monoisotopic (exact) mass is 545 g/mol. The average Bonchev–Trinajstić information content (AvgIpc) is 3.51. The first-order valence-corrected chi connectivity index (χ1v) is 14.0. The lowest BCUT2D eigenvalue weighted by Gasteiger charge is -2.27. The van der Waals surface area contributed by atoms with Gasteiger partial charge in [0.25, 0.3) is 5.91 Å². The van der Waals surface area contributed by atoms with Crippen LogP contribution in [-0.2, 0) is 17.8 Å². The third-order valence-corrected chi connectivity index (χ3v) is 7.67. The zero-order valence-corrected chi connectivity index (χ0v) is 23.1. The molecule has 6 heteroatoms. The van der Waals surface area contributed by atoms with E-state index in [1.54, 1.807) is 6.07 Å². The summed E-state index contributed by atoms with van der Waals surface area (Å²) in [6.07, 6.45) is 2.34. The Morgan fingerprint density at radius 1 is 0.976 bits per heavy atom. The molecule has 1 amide bonds. The lowest BCUT2D eigenvalue weighted by atomic mass is 9.93. The number of ether oxygens (including phenoxy) is 1. The molecule has 0 radical (unpaired) electrons. The number of likely N-dealkylation sites (tertiary alicyclic amines) is 1. The Labute approximate surface area is 241 Å². The first-order valence-electron chi connectivity index (χ1n) is 14.0. The van der Waals surface area contributed by atoms with E-state index in [4.69, 9.17) is 10.5 Å². The van der Waals surface area contributed by atoms with E-state index in [1.807, 2.05) is 89.8 Å². The molecule has 41 heavy (non-hydrogen) atoms. The second kappa shape index (κ2) is 12.9. The fraction of sp³-hybridized carbons (Fsp3) is 0.257. The number of amides is 1. The lowest BCUT2D eigenvalue weighted by molar-refractivity contribution is 0.0457. The van der Waals surface area contributed by atoms with Gasteiger partial charge in [0.05, 0.1) is 43.0 Å². The Hall–Kier alpha value is -4.28. The molecular weight excluding hydrogens is 510 g/mol. The maximum Gasteiger partial charge on any atom is 0.254 e. The molecule has 0 aliphatic carbocycles. The maximum atomic E-state index is 14.0. The first-order chi connectivity index (χ1) is 20.0. The summed E-state index contributed by atoms with van der Waals surface area (Å²) in [7, 11) is 0. The standard InChI is InChI=1S/C35H35N3O3/c36-22-29-14-7-8-15-32(29)30-18-27(23-41-25-35(37,24-39)21-26-10-3-1-4-11-26)19-31(20-30)34(40)38-17-9-16-33(38)28-12-5-2-6-13-28/h1-8,10-15,18-20,33,39H,9,16-17,21,23-25,37H2. The zero-order valence-electron chi connectivity index (χ0n) is 23.1. The molecule has 208 valence electrons. The summed E-state index contributed by atoms with van der Waals surface area (Å²) in [5.74, 6) is -0.0403. The highest BCUT2D eigenvalue weighted by molar-refractivity contribution is 5.96. The molecule has 1 heterocycles. The number of carbonyl (C=O) groups is 1. The Morgan fingerprint density at radius 2 is 1.68 bits per heavy atom. The van der Waals surface area contributed by atoms with Crippen molar-refractivity contribution in [1.29, 1.82) is 5.26 Å². The zero-order chi connectivity index (χ0) is 28.7. The van der Waals surface area contributed by atoms with E-state index in [9.17, 15) is 15.2 Å². The van der Waals surface area contributed by atoms with Crippen molar-refractivity contribution in [2.24, 2.45) is 5.73 Å². The molecule has 1 saturated heterocycles. The second-order valence-corrected chi connectivity index (χ2v) is 10.8. The van der Waals surface area contributed by atoms with Gasteiger partial charge in [0.2, 0.25) is 0 Å². The van der Waals surface area contributed by atoms with Crippen molar-refractivity contribution in [3.63, 3.8) is 0 Å². The topological polar surface area (TPSA) is 99.6 Å². The van der Waals surface area contributed by atoms with Gasteiger partial charge in [0.15, 0.2) is 0 Å². The summed E-state index contributed by atoms with van der Waals surface area (Å²) in [4.78, 5) is 15.9. The minimum absolute atomic E-state index is 0.0267. The number of hydrogen-bond donors (Lipinski definition) is 2.